The van der Waals surface area contributed by atoms with Gasteiger partial charge in [-0.15, -0.1) is 11.3 Å². The molecular formula is C18H25F2N3OS. The summed E-state index contributed by atoms with van der Waals surface area (Å²) in [5.41, 5.74) is 5.33. The van der Waals surface area contributed by atoms with Gasteiger partial charge in [-0.3, -0.25) is 4.79 Å². The van der Waals surface area contributed by atoms with E-state index in [0.717, 1.165) is 19.3 Å². The van der Waals surface area contributed by atoms with Crippen LogP contribution in [0.15, 0.2) is 17.5 Å². The summed E-state index contributed by atoms with van der Waals surface area (Å²) in [5, 5.41) is 8.62. The van der Waals surface area contributed by atoms with E-state index in [1.54, 1.807) is 6.07 Å². The van der Waals surface area contributed by atoms with Gasteiger partial charge in [0.1, 0.15) is 0 Å². The van der Waals surface area contributed by atoms with Crippen molar-refractivity contribution in [3.05, 3.63) is 22.4 Å². The average Bonchev–Trinajstić information content (AvgIpc) is 3.09. The molecule has 0 aromatic carbocycles. The normalized spacial score (nSPS) is 35.6. The zero-order valence-electron chi connectivity index (χ0n) is 14.1. The molecule has 2 atom stereocenters. The van der Waals surface area contributed by atoms with Gasteiger partial charge >= 0.3 is 0 Å². The molecule has 1 aromatic heterocycles. The Morgan fingerprint density at radius 3 is 2.52 bits per heavy atom. The highest BCUT2D eigenvalue weighted by molar-refractivity contribution is 7.12. The molecule has 0 radical (unpaired) electrons. The predicted molar refractivity (Wildman–Crippen MR) is 94.0 cm³/mol. The van der Waals surface area contributed by atoms with E-state index in [1.165, 1.54) is 11.3 Å². The Balaban J connectivity index is 1.44. The molecule has 0 bridgehead atoms. The molecule has 0 saturated heterocycles. The molecule has 3 aliphatic rings. The minimum Gasteiger partial charge on any atom is -0.346 e. The van der Waals surface area contributed by atoms with Crippen molar-refractivity contribution < 1.29 is 13.6 Å². The van der Waals surface area contributed by atoms with E-state index in [2.05, 4.69) is 10.6 Å². The molecule has 0 aliphatic heterocycles. The van der Waals surface area contributed by atoms with Gasteiger partial charge in [-0.2, -0.15) is 0 Å². The van der Waals surface area contributed by atoms with Crippen molar-refractivity contribution in [2.45, 2.75) is 74.5 Å². The van der Waals surface area contributed by atoms with Gasteiger partial charge in [-0.05, 0) is 49.5 Å². The molecule has 4 nitrogen and oxygen atoms in total. The first kappa shape index (κ1) is 17.4. The van der Waals surface area contributed by atoms with E-state index in [0.29, 0.717) is 29.8 Å². The number of hydrogen-bond donors (Lipinski definition) is 3. The smallest absolute Gasteiger partial charge is 0.261 e. The maximum absolute atomic E-state index is 13.7. The molecule has 4 rings (SSSR count). The first-order valence-electron chi connectivity index (χ1n) is 9.12. The SMILES string of the molecule is NC1CC(NC2CC2C2(NC(=O)c3cccs3)CCC(F)(F)CC2)C1. The van der Waals surface area contributed by atoms with E-state index in [4.69, 9.17) is 5.73 Å². The van der Waals surface area contributed by atoms with Crippen LogP contribution in [-0.4, -0.2) is 35.5 Å². The lowest BCUT2D eigenvalue weighted by atomic mass is 9.76. The topological polar surface area (TPSA) is 67.2 Å². The van der Waals surface area contributed by atoms with Crippen molar-refractivity contribution in [1.82, 2.24) is 10.6 Å². The van der Waals surface area contributed by atoms with Crippen LogP contribution in [0.3, 0.4) is 0 Å². The summed E-state index contributed by atoms with van der Waals surface area (Å²) in [6.07, 6.45) is 3.33. The van der Waals surface area contributed by atoms with Gasteiger partial charge in [-0.1, -0.05) is 6.07 Å². The lowest BCUT2D eigenvalue weighted by Crippen LogP contribution is -2.56. The number of nitrogens with two attached hydrogens (primary N) is 1. The zero-order chi connectivity index (χ0) is 17.7. The number of halogens is 2. The van der Waals surface area contributed by atoms with Crippen LogP contribution in [-0.2, 0) is 0 Å². The van der Waals surface area contributed by atoms with Gasteiger partial charge in [0.15, 0.2) is 0 Å². The molecule has 0 spiro atoms. The van der Waals surface area contributed by atoms with Crippen molar-refractivity contribution in [1.29, 1.82) is 0 Å². The molecule has 3 saturated carbocycles. The molecule has 3 fully saturated rings. The van der Waals surface area contributed by atoms with Crippen LogP contribution in [0.4, 0.5) is 8.78 Å². The van der Waals surface area contributed by atoms with Crippen LogP contribution in [0.2, 0.25) is 0 Å². The largest absolute Gasteiger partial charge is 0.346 e. The van der Waals surface area contributed by atoms with Gasteiger partial charge < -0.3 is 16.4 Å². The van der Waals surface area contributed by atoms with E-state index in [1.807, 2.05) is 11.4 Å². The highest BCUT2D eigenvalue weighted by Crippen LogP contribution is 2.51. The van der Waals surface area contributed by atoms with E-state index in [-0.39, 0.29) is 30.7 Å². The van der Waals surface area contributed by atoms with Crippen molar-refractivity contribution in [3.63, 3.8) is 0 Å². The lowest BCUT2D eigenvalue weighted by molar-refractivity contribution is -0.0587. The van der Waals surface area contributed by atoms with Gasteiger partial charge in [0, 0.05) is 36.5 Å². The maximum atomic E-state index is 13.7. The van der Waals surface area contributed by atoms with Crippen LogP contribution < -0.4 is 16.4 Å². The highest BCUT2D eigenvalue weighted by Gasteiger charge is 2.57. The van der Waals surface area contributed by atoms with Gasteiger partial charge in [-0.25, -0.2) is 8.78 Å². The van der Waals surface area contributed by atoms with Crippen LogP contribution in [0, 0.1) is 5.92 Å². The summed E-state index contributed by atoms with van der Waals surface area (Å²) < 4.78 is 27.4. The number of carbonyl (C=O) groups is 1. The van der Waals surface area contributed by atoms with Gasteiger partial charge in [0.2, 0.25) is 5.92 Å². The van der Waals surface area contributed by atoms with Crippen LogP contribution in [0.5, 0.6) is 0 Å². The number of nitrogens with one attached hydrogen (secondary N) is 2. The molecule has 138 valence electrons. The molecule has 7 heteroatoms. The molecule has 1 heterocycles. The van der Waals surface area contributed by atoms with Crippen molar-refractivity contribution in [2.24, 2.45) is 11.7 Å². The first-order chi connectivity index (χ1) is 11.9. The van der Waals surface area contributed by atoms with Crippen molar-refractivity contribution in [2.75, 3.05) is 0 Å². The Morgan fingerprint density at radius 1 is 1.20 bits per heavy atom. The van der Waals surface area contributed by atoms with E-state index < -0.39 is 11.5 Å². The second-order valence-corrected chi connectivity index (χ2v) is 8.93. The average molecular weight is 369 g/mol. The predicted octanol–water partition coefficient (Wildman–Crippen LogP) is 2.89. The summed E-state index contributed by atoms with van der Waals surface area (Å²) in [7, 11) is 0. The molecule has 1 amide bonds. The Hall–Kier alpha value is -1.05. The Kier molecular flexibility index (Phi) is 4.37. The summed E-state index contributed by atoms with van der Waals surface area (Å²) >= 11 is 1.38. The van der Waals surface area contributed by atoms with Crippen molar-refractivity contribution >= 4 is 17.2 Å². The molecule has 25 heavy (non-hydrogen) atoms. The lowest BCUT2D eigenvalue weighted by Gasteiger charge is -2.42. The monoisotopic (exact) mass is 369 g/mol. The van der Waals surface area contributed by atoms with Gasteiger partial charge in [0.25, 0.3) is 5.91 Å². The quantitative estimate of drug-likeness (QED) is 0.748. The Bertz CT molecular complexity index is 620. The van der Waals surface area contributed by atoms with Gasteiger partial charge in [0.05, 0.1) is 4.88 Å². The number of hydrogen-bond acceptors (Lipinski definition) is 4. The third-order valence-electron chi connectivity index (χ3n) is 6.11. The third kappa shape index (κ3) is 3.59. The van der Waals surface area contributed by atoms with E-state index in [9.17, 15) is 13.6 Å². The molecule has 4 N–H and O–H groups in total. The second kappa shape index (κ2) is 6.28. The minimum absolute atomic E-state index is 0.128. The fourth-order valence-electron chi connectivity index (χ4n) is 4.44. The number of amides is 1. The molecular weight excluding hydrogens is 344 g/mol. The van der Waals surface area contributed by atoms with Crippen LogP contribution in [0.25, 0.3) is 0 Å². The first-order valence-corrected chi connectivity index (χ1v) is 10.0. The molecule has 2 unspecified atom stereocenters. The second-order valence-electron chi connectivity index (χ2n) is 7.99. The van der Waals surface area contributed by atoms with Crippen LogP contribution >= 0.6 is 11.3 Å². The Morgan fingerprint density at radius 2 is 1.92 bits per heavy atom. The van der Waals surface area contributed by atoms with Crippen LogP contribution in [0.1, 0.15) is 54.6 Å². The summed E-state index contributed by atoms with van der Waals surface area (Å²) in [6, 6.07) is 4.66. The fraction of sp³-hybridized carbons (Fsp3) is 0.722. The maximum Gasteiger partial charge on any atom is 0.261 e. The number of rotatable bonds is 5. The zero-order valence-corrected chi connectivity index (χ0v) is 15.0. The summed E-state index contributed by atoms with van der Waals surface area (Å²) in [5.74, 6) is -2.49. The number of alkyl halides is 2. The summed E-state index contributed by atoms with van der Waals surface area (Å²) in [4.78, 5) is 13.2. The number of carbonyl (C=O) groups excluding carboxylic acids is 1. The standard InChI is InChI=1S/C18H25F2N3OS/c19-18(20)5-3-17(4-6-18,23-16(24)15-2-1-7-25-15)13-10-14(13)22-12-8-11(21)9-12/h1-2,7,11-14,22H,3-6,8-10,21H2,(H,23,24). The Labute approximate surface area is 150 Å². The molecule has 1 aromatic rings. The molecule has 3 aliphatic carbocycles. The fourth-order valence-corrected chi connectivity index (χ4v) is 5.06. The highest BCUT2D eigenvalue weighted by atomic mass is 32.1. The van der Waals surface area contributed by atoms with Crippen molar-refractivity contribution in [3.8, 4) is 0 Å². The van der Waals surface area contributed by atoms with E-state index >= 15 is 0 Å². The summed E-state index contributed by atoms with van der Waals surface area (Å²) in [6.45, 7) is 0. The minimum atomic E-state index is -2.60. The third-order valence-corrected chi connectivity index (χ3v) is 6.97. The number of thiophene rings is 1.